The number of carbonyl (C=O) groups excluding carboxylic acids is 1. The first-order valence-corrected chi connectivity index (χ1v) is 7.87. The number of nitrogens with one attached hydrogen (secondary N) is 1. The predicted molar refractivity (Wildman–Crippen MR) is 95.3 cm³/mol. The van der Waals surface area contributed by atoms with Crippen LogP contribution in [0.5, 0.6) is 11.5 Å². The third kappa shape index (κ3) is 3.95. The topological polar surface area (TPSA) is 63.7 Å². The second kappa shape index (κ2) is 8.19. The van der Waals surface area contributed by atoms with Crippen LogP contribution in [0.1, 0.15) is 24.2 Å². The fraction of sp³-hybridized carbons (Fsp3) is 0.333. The molecule has 128 valence electrons. The summed E-state index contributed by atoms with van der Waals surface area (Å²) in [5.41, 5.74) is 1.07. The zero-order chi connectivity index (χ0) is 17.5. The summed E-state index contributed by atoms with van der Waals surface area (Å²) in [6, 6.07) is 8.85. The molecule has 1 N–H and O–H groups in total. The van der Waals surface area contributed by atoms with Crippen molar-refractivity contribution in [3.8, 4) is 11.5 Å². The normalized spacial score (nSPS) is 10.2. The summed E-state index contributed by atoms with van der Waals surface area (Å²) >= 11 is 0. The molecule has 0 fully saturated rings. The molecule has 1 aromatic carbocycles. The van der Waals surface area contributed by atoms with E-state index >= 15 is 0 Å². The Morgan fingerprint density at radius 2 is 1.88 bits per heavy atom. The summed E-state index contributed by atoms with van der Waals surface area (Å²) in [6.45, 7) is 5.89. The third-order valence-corrected chi connectivity index (χ3v) is 3.75. The lowest BCUT2D eigenvalue weighted by Crippen LogP contribution is -2.23. The Labute approximate surface area is 142 Å². The molecule has 0 radical (unpaired) electrons. The van der Waals surface area contributed by atoms with Crippen LogP contribution >= 0.6 is 0 Å². The molecule has 2 rings (SSSR count). The first-order valence-electron chi connectivity index (χ1n) is 7.87. The summed E-state index contributed by atoms with van der Waals surface area (Å²) < 4.78 is 10.4. The van der Waals surface area contributed by atoms with Crippen LogP contribution in [-0.2, 0) is 0 Å². The molecule has 1 heterocycles. The minimum absolute atomic E-state index is 0.239. The second-order valence-electron chi connectivity index (χ2n) is 5.10. The van der Waals surface area contributed by atoms with Gasteiger partial charge in [-0.05, 0) is 38.1 Å². The van der Waals surface area contributed by atoms with Gasteiger partial charge in [-0.1, -0.05) is 0 Å². The van der Waals surface area contributed by atoms with Crippen LogP contribution in [0.4, 0.5) is 11.5 Å². The average molecular weight is 329 g/mol. The quantitative estimate of drug-likeness (QED) is 0.845. The summed E-state index contributed by atoms with van der Waals surface area (Å²) in [5, 5.41) is 2.83. The van der Waals surface area contributed by atoms with E-state index in [9.17, 15) is 4.79 Å². The van der Waals surface area contributed by atoms with Crippen LogP contribution in [0, 0.1) is 0 Å². The number of rotatable bonds is 7. The van der Waals surface area contributed by atoms with Crippen LogP contribution < -0.4 is 19.7 Å². The summed E-state index contributed by atoms with van der Waals surface area (Å²) in [5.74, 6) is 1.82. The molecule has 0 aliphatic heterocycles. The van der Waals surface area contributed by atoms with Gasteiger partial charge in [-0.3, -0.25) is 4.79 Å². The van der Waals surface area contributed by atoms with Crippen LogP contribution in [0.15, 0.2) is 36.5 Å². The lowest BCUT2D eigenvalue weighted by Gasteiger charge is -2.19. The molecule has 24 heavy (non-hydrogen) atoms. The molecule has 0 bridgehead atoms. The summed E-state index contributed by atoms with van der Waals surface area (Å²) in [6.07, 6.45) is 1.58. The highest BCUT2D eigenvalue weighted by atomic mass is 16.5. The number of ether oxygens (including phenoxy) is 2. The highest BCUT2D eigenvalue weighted by Gasteiger charge is 2.12. The zero-order valence-corrected chi connectivity index (χ0v) is 14.5. The van der Waals surface area contributed by atoms with Crippen molar-refractivity contribution in [3.63, 3.8) is 0 Å². The van der Waals surface area contributed by atoms with Crippen molar-refractivity contribution in [3.05, 3.63) is 42.1 Å². The molecule has 1 amide bonds. The Hall–Kier alpha value is -2.76. The van der Waals surface area contributed by atoms with E-state index in [4.69, 9.17) is 9.47 Å². The van der Waals surface area contributed by atoms with Crippen molar-refractivity contribution in [1.29, 1.82) is 0 Å². The number of aromatic nitrogens is 1. The number of hydrogen-bond donors (Lipinski definition) is 1. The van der Waals surface area contributed by atoms with Crippen molar-refractivity contribution in [2.75, 3.05) is 37.5 Å². The molecule has 0 saturated carbocycles. The molecule has 6 nitrogen and oxygen atoms in total. The molecule has 0 unspecified atom stereocenters. The minimum atomic E-state index is -0.239. The van der Waals surface area contributed by atoms with Gasteiger partial charge in [0, 0.05) is 25.4 Å². The number of anilines is 2. The molecular weight excluding hydrogens is 306 g/mol. The number of amides is 1. The Bertz CT molecular complexity index is 682. The van der Waals surface area contributed by atoms with E-state index in [0.29, 0.717) is 22.7 Å². The molecule has 0 spiro atoms. The molecule has 1 aromatic heterocycles. The lowest BCUT2D eigenvalue weighted by atomic mass is 10.2. The van der Waals surface area contributed by atoms with E-state index < -0.39 is 0 Å². The second-order valence-corrected chi connectivity index (χ2v) is 5.10. The summed E-state index contributed by atoms with van der Waals surface area (Å²) in [4.78, 5) is 18.9. The van der Waals surface area contributed by atoms with Gasteiger partial charge < -0.3 is 19.7 Å². The molecule has 6 heteroatoms. The Kier molecular flexibility index (Phi) is 6.01. The van der Waals surface area contributed by atoms with Crippen molar-refractivity contribution < 1.29 is 14.3 Å². The SMILES string of the molecule is CCN(CC)c1ccc(C(=O)Nc2ccc(OC)cc2OC)cn1. The largest absolute Gasteiger partial charge is 0.497 e. The monoisotopic (exact) mass is 329 g/mol. The lowest BCUT2D eigenvalue weighted by molar-refractivity contribution is 0.102. The van der Waals surface area contributed by atoms with Crippen LogP contribution in [-0.4, -0.2) is 38.2 Å². The van der Waals surface area contributed by atoms with Gasteiger partial charge in [-0.15, -0.1) is 0 Å². The number of nitrogens with zero attached hydrogens (tertiary/aromatic N) is 2. The van der Waals surface area contributed by atoms with Gasteiger partial charge in [-0.2, -0.15) is 0 Å². The highest BCUT2D eigenvalue weighted by Crippen LogP contribution is 2.29. The number of methoxy groups -OCH3 is 2. The van der Waals surface area contributed by atoms with Crippen LogP contribution in [0.2, 0.25) is 0 Å². The van der Waals surface area contributed by atoms with E-state index in [0.717, 1.165) is 18.9 Å². The van der Waals surface area contributed by atoms with Crippen molar-refractivity contribution in [2.45, 2.75) is 13.8 Å². The predicted octanol–water partition coefficient (Wildman–Crippen LogP) is 3.20. The zero-order valence-electron chi connectivity index (χ0n) is 14.5. The maximum absolute atomic E-state index is 12.4. The Morgan fingerprint density at radius 3 is 2.42 bits per heavy atom. The number of benzene rings is 1. The van der Waals surface area contributed by atoms with Gasteiger partial charge >= 0.3 is 0 Å². The van der Waals surface area contributed by atoms with Crippen LogP contribution in [0.25, 0.3) is 0 Å². The van der Waals surface area contributed by atoms with Gasteiger partial charge in [0.15, 0.2) is 0 Å². The highest BCUT2D eigenvalue weighted by molar-refractivity contribution is 6.05. The van der Waals surface area contributed by atoms with Gasteiger partial charge in [-0.25, -0.2) is 4.98 Å². The van der Waals surface area contributed by atoms with Crippen LogP contribution in [0.3, 0.4) is 0 Å². The standard InChI is InChI=1S/C18H23N3O3/c1-5-21(6-2)17-10-7-13(12-19-17)18(22)20-15-9-8-14(23-3)11-16(15)24-4/h7-12H,5-6H2,1-4H3,(H,20,22). The molecule has 0 aliphatic carbocycles. The molecule has 2 aromatic rings. The van der Waals surface area contributed by atoms with Gasteiger partial charge in [0.25, 0.3) is 5.91 Å². The first kappa shape index (κ1) is 17.6. The minimum Gasteiger partial charge on any atom is -0.497 e. The number of hydrogen-bond acceptors (Lipinski definition) is 5. The molecular formula is C18H23N3O3. The fourth-order valence-corrected chi connectivity index (χ4v) is 2.35. The first-order chi connectivity index (χ1) is 11.6. The summed E-state index contributed by atoms with van der Waals surface area (Å²) in [7, 11) is 3.13. The maximum Gasteiger partial charge on any atom is 0.257 e. The maximum atomic E-state index is 12.4. The van der Waals surface area contributed by atoms with Crippen molar-refractivity contribution >= 4 is 17.4 Å². The van der Waals surface area contributed by atoms with E-state index in [1.807, 2.05) is 6.07 Å². The van der Waals surface area contributed by atoms with Gasteiger partial charge in [0.2, 0.25) is 0 Å². The third-order valence-electron chi connectivity index (χ3n) is 3.75. The van der Waals surface area contributed by atoms with E-state index in [2.05, 4.69) is 29.0 Å². The average Bonchev–Trinajstić information content (AvgIpc) is 2.63. The Morgan fingerprint density at radius 1 is 1.12 bits per heavy atom. The van der Waals surface area contributed by atoms with E-state index in [1.165, 1.54) is 0 Å². The Balaban J connectivity index is 2.15. The van der Waals surface area contributed by atoms with Gasteiger partial charge in [0.1, 0.15) is 17.3 Å². The van der Waals surface area contributed by atoms with Crippen molar-refractivity contribution in [2.24, 2.45) is 0 Å². The molecule has 0 aliphatic rings. The number of pyridine rings is 1. The van der Waals surface area contributed by atoms with Gasteiger partial charge in [0.05, 0.1) is 25.5 Å². The van der Waals surface area contributed by atoms with E-state index in [1.54, 1.807) is 44.7 Å². The number of carbonyl (C=O) groups is 1. The molecule has 0 atom stereocenters. The molecule has 0 saturated heterocycles. The van der Waals surface area contributed by atoms with E-state index in [-0.39, 0.29) is 5.91 Å². The fourth-order valence-electron chi connectivity index (χ4n) is 2.35. The smallest absolute Gasteiger partial charge is 0.257 e. The van der Waals surface area contributed by atoms with Crippen molar-refractivity contribution in [1.82, 2.24) is 4.98 Å².